The number of hydrogen-bond acceptors (Lipinski definition) is 5. The SMILES string of the molecule is CC(C)CC(=O)N1CCCC[C@H]1c1nnc(C2CCN(Cc3ccccc3Cl)CC2)o1. The van der Waals surface area contributed by atoms with E-state index < -0.39 is 0 Å². The van der Waals surface area contributed by atoms with Gasteiger partial charge in [-0.1, -0.05) is 43.6 Å². The van der Waals surface area contributed by atoms with Gasteiger partial charge in [0, 0.05) is 30.5 Å². The zero-order valence-corrected chi connectivity index (χ0v) is 19.4. The Morgan fingerprint density at radius 2 is 1.84 bits per heavy atom. The van der Waals surface area contributed by atoms with Gasteiger partial charge in [0.25, 0.3) is 0 Å². The van der Waals surface area contributed by atoms with Crippen molar-refractivity contribution >= 4 is 17.5 Å². The maximum Gasteiger partial charge on any atom is 0.238 e. The molecule has 1 aromatic heterocycles. The fourth-order valence-electron chi connectivity index (χ4n) is 4.71. The summed E-state index contributed by atoms with van der Waals surface area (Å²) < 4.78 is 6.16. The van der Waals surface area contributed by atoms with E-state index in [1.165, 1.54) is 5.56 Å². The predicted octanol–water partition coefficient (Wildman–Crippen LogP) is 5.20. The van der Waals surface area contributed by atoms with Gasteiger partial charge >= 0.3 is 0 Å². The highest BCUT2D eigenvalue weighted by atomic mass is 35.5. The molecule has 0 radical (unpaired) electrons. The minimum absolute atomic E-state index is 0.0680. The van der Waals surface area contributed by atoms with E-state index in [4.69, 9.17) is 16.0 Å². The van der Waals surface area contributed by atoms with E-state index in [1.54, 1.807) is 0 Å². The van der Waals surface area contributed by atoms with Crippen LogP contribution in [0.2, 0.25) is 5.02 Å². The summed E-state index contributed by atoms with van der Waals surface area (Å²) in [5.41, 5.74) is 1.17. The fourth-order valence-corrected chi connectivity index (χ4v) is 4.90. The lowest BCUT2D eigenvalue weighted by Crippen LogP contribution is -2.39. The van der Waals surface area contributed by atoms with Crippen molar-refractivity contribution in [2.24, 2.45) is 5.92 Å². The molecular weight excluding hydrogens is 412 g/mol. The van der Waals surface area contributed by atoms with Gasteiger partial charge in [-0.05, 0) is 62.7 Å². The van der Waals surface area contributed by atoms with Crippen LogP contribution in [-0.2, 0) is 11.3 Å². The van der Waals surface area contributed by atoms with Gasteiger partial charge < -0.3 is 9.32 Å². The molecule has 1 atom stereocenters. The standard InChI is InChI=1S/C24H33ClN4O2/c1-17(2)15-22(30)29-12-6-5-9-21(29)24-27-26-23(31-24)18-10-13-28(14-11-18)16-19-7-3-4-8-20(19)25/h3-4,7-8,17-18,21H,5-6,9-16H2,1-2H3/t21-/m0/s1. The Balaban J connectivity index is 1.36. The molecule has 0 aliphatic carbocycles. The summed E-state index contributed by atoms with van der Waals surface area (Å²) >= 11 is 6.32. The third-order valence-electron chi connectivity index (χ3n) is 6.44. The van der Waals surface area contributed by atoms with Crippen LogP contribution in [0.15, 0.2) is 28.7 Å². The number of carbonyl (C=O) groups excluding carboxylic acids is 1. The molecule has 0 N–H and O–H groups in total. The van der Waals surface area contributed by atoms with Crippen LogP contribution in [0.25, 0.3) is 0 Å². The van der Waals surface area contributed by atoms with Crippen LogP contribution in [0.5, 0.6) is 0 Å². The summed E-state index contributed by atoms with van der Waals surface area (Å²) in [5, 5.41) is 9.61. The van der Waals surface area contributed by atoms with E-state index in [-0.39, 0.29) is 17.9 Å². The molecule has 168 valence electrons. The molecular formula is C24H33ClN4O2. The molecule has 1 amide bonds. The van der Waals surface area contributed by atoms with Crippen LogP contribution in [0.4, 0.5) is 0 Å². The second kappa shape index (κ2) is 10.1. The first-order valence-electron chi connectivity index (χ1n) is 11.6. The van der Waals surface area contributed by atoms with Gasteiger partial charge in [-0.2, -0.15) is 0 Å². The fraction of sp³-hybridized carbons (Fsp3) is 0.625. The van der Waals surface area contributed by atoms with Crippen molar-refractivity contribution in [1.82, 2.24) is 20.0 Å². The van der Waals surface area contributed by atoms with Crippen LogP contribution in [0, 0.1) is 5.92 Å². The molecule has 2 aliphatic rings. The minimum Gasteiger partial charge on any atom is -0.423 e. The molecule has 7 heteroatoms. The summed E-state index contributed by atoms with van der Waals surface area (Å²) in [6, 6.07) is 7.98. The number of benzene rings is 1. The zero-order valence-electron chi connectivity index (χ0n) is 18.6. The molecule has 6 nitrogen and oxygen atoms in total. The van der Waals surface area contributed by atoms with E-state index in [9.17, 15) is 4.79 Å². The second-order valence-corrected chi connectivity index (χ2v) is 9.72. The number of nitrogens with zero attached hydrogens (tertiary/aromatic N) is 4. The number of piperidine rings is 2. The second-order valence-electron chi connectivity index (χ2n) is 9.32. The van der Waals surface area contributed by atoms with Crippen molar-refractivity contribution in [1.29, 1.82) is 0 Å². The lowest BCUT2D eigenvalue weighted by Gasteiger charge is -2.34. The van der Waals surface area contributed by atoms with Gasteiger partial charge in [0.15, 0.2) is 0 Å². The minimum atomic E-state index is -0.0680. The molecule has 0 saturated carbocycles. The van der Waals surface area contributed by atoms with Crippen molar-refractivity contribution < 1.29 is 9.21 Å². The van der Waals surface area contributed by atoms with Crippen molar-refractivity contribution in [3.05, 3.63) is 46.6 Å². The number of carbonyl (C=O) groups is 1. The van der Waals surface area contributed by atoms with Crippen molar-refractivity contribution in [3.63, 3.8) is 0 Å². The average molecular weight is 445 g/mol. The van der Waals surface area contributed by atoms with Gasteiger partial charge in [-0.25, -0.2) is 0 Å². The van der Waals surface area contributed by atoms with E-state index in [0.29, 0.717) is 18.2 Å². The monoisotopic (exact) mass is 444 g/mol. The van der Waals surface area contributed by atoms with Gasteiger partial charge in [-0.15, -0.1) is 10.2 Å². The number of aromatic nitrogens is 2. The molecule has 0 bridgehead atoms. The van der Waals surface area contributed by atoms with Gasteiger partial charge in [-0.3, -0.25) is 9.69 Å². The Bertz CT molecular complexity index is 876. The Hall–Kier alpha value is -1.92. The Morgan fingerprint density at radius 3 is 2.58 bits per heavy atom. The Labute approximate surface area is 190 Å². The highest BCUT2D eigenvalue weighted by Crippen LogP contribution is 2.34. The van der Waals surface area contributed by atoms with Gasteiger partial charge in [0.05, 0.1) is 0 Å². The number of rotatable bonds is 6. The quantitative estimate of drug-likeness (QED) is 0.612. The molecule has 4 rings (SSSR count). The van der Waals surface area contributed by atoms with Gasteiger partial charge in [0.2, 0.25) is 17.7 Å². The number of hydrogen-bond donors (Lipinski definition) is 0. The summed E-state index contributed by atoms with van der Waals surface area (Å²) in [7, 11) is 0. The summed E-state index contributed by atoms with van der Waals surface area (Å²) in [5.74, 6) is 2.18. The Kier molecular flexibility index (Phi) is 7.28. The van der Waals surface area contributed by atoms with E-state index in [2.05, 4.69) is 35.0 Å². The van der Waals surface area contributed by atoms with Crippen molar-refractivity contribution in [2.75, 3.05) is 19.6 Å². The molecule has 0 spiro atoms. The third-order valence-corrected chi connectivity index (χ3v) is 6.80. The topological polar surface area (TPSA) is 62.5 Å². The summed E-state index contributed by atoms with van der Waals surface area (Å²) in [4.78, 5) is 17.1. The average Bonchev–Trinajstić information content (AvgIpc) is 3.25. The van der Waals surface area contributed by atoms with Crippen molar-refractivity contribution in [2.45, 2.75) is 70.9 Å². The summed E-state index contributed by atoms with van der Waals surface area (Å²) in [6.45, 7) is 7.79. The number of likely N-dealkylation sites (tertiary alicyclic amines) is 2. The maximum atomic E-state index is 12.7. The number of amides is 1. The van der Waals surface area contributed by atoms with E-state index in [0.717, 1.165) is 69.2 Å². The third kappa shape index (κ3) is 5.47. The van der Waals surface area contributed by atoms with Crippen molar-refractivity contribution in [3.8, 4) is 0 Å². The first-order chi connectivity index (χ1) is 15.0. The lowest BCUT2D eigenvalue weighted by atomic mass is 9.96. The first-order valence-corrected chi connectivity index (χ1v) is 12.0. The first kappa shape index (κ1) is 22.3. The molecule has 2 aromatic rings. The molecule has 31 heavy (non-hydrogen) atoms. The lowest BCUT2D eigenvalue weighted by molar-refractivity contribution is -0.136. The zero-order chi connectivity index (χ0) is 21.8. The smallest absolute Gasteiger partial charge is 0.238 e. The molecule has 2 fully saturated rings. The molecule has 2 saturated heterocycles. The highest BCUT2D eigenvalue weighted by Gasteiger charge is 2.33. The molecule has 3 heterocycles. The summed E-state index contributed by atoms with van der Waals surface area (Å²) in [6.07, 6.45) is 5.60. The van der Waals surface area contributed by atoms with Gasteiger partial charge in [0.1, 0.15) is 6.04 Å². The van der Waals surface area contributed by atoms with E-state index >= 15 is 0 Å². The molecule has 1 aromatic carbocycles. The normalized spacial score (nSPS) is 21.0. The van der Waals surface area contributed by atoms with Crippen LogP contribution < -0.4 is 0 Å². The number of halogens is 1. The molecule has 2 aliphatic heterocycles. The predicted molar refractivity (Wildman–Crippen MR) is 121 cm³/mol. The maximum absolute atomic E-state index is 12.7. The largest absolute Gasteiger partial charge is 0.423 e. The Morgan fingerprint density at radius 1 is 1.10 bits per heavy atom. The highest BCUT2D eigenvalue weighted by molar-refractivity contribution is 6.31. The van der Waals surface area contributed by atoms with Crippen LogP contribution in [0.3, 0.4) is 0 Å². The van der Waals surface area contributed by atoms with Crippen LogP contribution in [0.1, 0.15) is 81.7 Å². The van der Waals surface area contributed by atoms with Crippen LogP contribution >= 0.6 is 11.6 Å². The van der Waals surface area contributed by atoms with E-state index in [1.807, 2.05) is 23.1 Å². The van der Waals surface area contributed by atoms with Crippen LogP contribution in [-0.4, -0.2) is 45.5 Å². The molecule has 0 unspecified atom stereocenters.